The number of amides is 1. The first-order chi connectivity index (χ1) is 11.1. The number of carbonyl (C=O) groups excluding carboxylic acids is 1. The Balaban J connectivity index is 1.79. The van der Waals surface area contributed by atoms with Crippen LogP contribution in [-0.4, -0.2) is 24.6 Å². The molecule has 8 heteroatoms. The fourth-order valence-corrected chi connectivity index (χ4v) is 2.64. The summed E-state index contributed by atoms with van der Waals surface area (Å²) < 4.78 is 20.4. The van der Waals surface area contributed by atoms with Crippen LogP contribution in [-0.2, 0) is 16.5 Å². The molecule has 7 nitrogen and oxygen atoms in total. The summed E-state index contributed by atoms with van der Waals surface area (Å²) in [6.07, 6.45) is 4.33. The van der Waals surface area contributed by atoms with Crippen molar-refractivity contribution < 1.29 is 13.6 Å². The summed E-state index contributed by atoms with van der Waals surface area (Å²) in [6, 6.07) is 8.54. The average Bonchev–Trinajstić information content (AvgIpc) is 3.36. The van der Waals surface area contributed by atoms with Crippen molar-refractivity contribution in [1.82, 2.24) is 9.97 Å². The van der Waals surface area contributed by atoms with Gasteiger partial charge in [-0.25, -0.2) is 9.19 Å². The van der Waals surface area contributed by atoms with Gasteiger partial charge in [0.15, 0.2) is 5.03 Å². The summed E-state index contributed by atoms with van der Waals surface area (Å²) in [4.78, 5) is 20.2. The normalized spacial score (nSPS) is 16.2. The molecule has 2 N–H and O–H groups in total. The Labute approximate surface area is 134 Å². The second-order valence-electron chi connectivity index (χ2n) is 5.19. The van der Waals surface area contributed by atoms with E-state index in [4.69, 9.17) is 9.81 Å². The standard InChI is InChI=1S/C15H12N4O3S/c16-9-15(5-6-15)12-4-3-10(8-18-12)13(20)19-11-2-1-7-17-14(11)23(21)22/h1-4,7-8H,5-6H2,(H,19,20)(H,21,22). The number of nitrogens with one attached hydrogen (secondary N) is 1. The third-order valence-electron chi connectivity index (χ3n) is 3.66. The molecule has 23 heavy (non-hydrogen) atoms. The molecule has 1 aliphatic carbocycles. The number of nitriles is 1. The van der Waals surface area contributed by atoms with Crippen LogP contribution >= 0.6 is 0 Å². The van der Waals surface area contributed by atoms with Gasteiger partial charge in [-0.15, -0.1) is 0 Å². The zero-order chi connectivity index (χ0) is 16.4. The van der Waals surface area contributed by atoms with Crippen LogP contribution in [0, 0.1) is 11.3 Å². The number of aromatic nitrogens is 2. The molecule has 2 aromatic heterocycles. The minimum atomic E-state index is -2.30. The Bertz CT molecular complexity index is 825. The monoisotopic (exact) mass is 328 g/mol. The molecule has 0 aromatic carbocycles. The highest BCUT2D eigenvalue weighted by Gasteiger charge is 2.46. The molecule has 1 amide bonds. The number of hydrogen-bond donors (Lipinski definition) is 2. The maximum atomic E-state index is 12.2. The Morgan fingerprint density at radius 1 is 1.35 bits per heavy atom. The van der Waals surface area contributed by atoms with E-state index in [1.807, 2.05) is 0 Å². The lowest BCUT2D eigenvalue weighted by Gasteiger charge is -2.09. The van der Waals surface area contributed by atoms with E-state index in [0.717, 1.165) is 12.8 Å². The lowest BCUT2D eigenvalue weighted by atomic mass is 10.0. The lowest BCUT2D eigenvalue weighted by molar-refractivity contribution is 0.102. The number of carbonyl (C=O) groups is 1. The van der Waals surface area contributed by atoms with E-state index in [9.17, 15) is 9.00 Å². The van der Waals surface area contributed by atoms with Gasteiger partial charge in [-0.05, 0) is 37.1 Å². The van der Waals surface area contributed by atoms with E-state index in [2.05, 4.69) is 21.4 Å². The first-order valence-corrected chi connectivity index (χ1v) is 7.91. The van der Waals surface area contributed by atoms with Gasteiger partial charge in [0.25, 0.3) is 5.91 Å². The van der Waals surface area contributed by atoms with Gasteiger partial charge in [0, 0.05) is 12.4 Å². The maximum Gasteiger partial charge on any atom is 0.257 e. The molecule has 0 aliphatic heterocycles. The quantitative estimate of drug-likeness (QED) is 0.828. The Morgan fingerprint density at radius 3 is 2.70 bits per heavy atom. The van der Waals surface area contributed by atoms with E-state index in [0.29, 0.717) is 11.3 Å². The summed E-state index contributed by atoms with van der Waals surface area (Å²) in [5, 5.41) is 11.6. The third kappa shape index (κ3) is 2.97. The van der Waals surface area contributed by atoms with Gasteiger partial charge >= 0.3 is 0 Å². The Morgan fingerprint density at radius 2 is 2.13 bits per heavy atom. The highest BCUT2D eigenvalue weighted by atomic mass is 32.2. The third-order valence-corrected chi connectivity index (χ3v) is 4.32. The van der Waals surface area contributed by atoms with Gasteiger partial charge in [-0.2, -0.15) is 5.26 Å². The van der Waals surface area contributed by atoms with Crippen molar-refractivity contribution in [3.05, 3.63) is 47.9 Å². The zero-order valence-electron chi connectivity index (χ0n) is 11.9. The van der Waals surface area contributed by atoms with Crippen molar-refractivity contribution in [3.8, 4) is 6.07 Å². The number of rotatable bonds is 4. The van der Waals surface area contributed by atoms with E-state index in [1.54, 1.807) is 18.2 Å². The SMILES string of the molecule is N#CC1(c2ccc(C(=O)Nc3cccnc3S(=O)O)cn2)CC1. The van der Waals surface area contributed by atoms with Crippen LogP contribution in [0.1, 0.15) is 28.9 Å². The number of nitrogens with zero attached hydrogens (tertiary/aromatic N) is 3. The summed E-state index contributed by atoms with van der Waals surface area (Å²) in [5.41, 5.74) is 0.619. The predicted octanol–water partition coefficient (Wildman–Crippen LogP) is 1.86. The van der Waals surface area contributed by atoms with Crippen LogP contribution in [0.25, 0.3) is 0 Å². The highest BCUT2D eigenvalue weighted by molar-refractivity contribution is 7.79. The summed E-state index contributed by atoms with van der Waals surface area (Å²) in [6.45, 7) is 0. The molecular formula is C15H12N4O3S. The van der Waals surface area contributed by atoms with Crippen molar-refractivity contribution in [3.63, 3.8) is 0 Å². The molecule has 1 saturated carbocycles. The van der Waals surface area contributed by atoms with Gasteiger partial charge in [0.1, 0.15) is 0 Å². The average molecular weight is 328 g/mol. The predicted molar refractivity (Wildman–Crippen MR) is 82.0 cm³/mol. The van der Waals surface area contributed by atoms with Crippen LogP contribution in [0.15, 0.2) is 41.7 Å². The van der Waals surface area contributed by atoms with Gasteiger partial charge in [-0.3, -0.25) is 9.78 Å². The molecule has 0 saturated heterocycles. The smallest absolute Gasteiger partial charge is 0.257 e. The second kappa shape index (κ2) is 5.87. The molecule has 1 unspecified atom stereocenters. The number of pyridine rings is 2. The first-order valence-electron chi connectivity index (χ1n) is 6.81. The molecular weight excluding hydrogens is 316 g/mol. The van der Waals surface area contributed by atoms with Crippen molar-refractivity contribution >= 4 is 22.7 Å². The van der Waals surface area contributed by atoms with E-state index < -0.39 is 22.4 Å². The zero-order valence-corrected chi connectivity index (χ0v) is 12.7. The van der Waals surface area contributed by atoms with E-state index >= 15 is 0 Å². The van der Waals surface area contributed by atoms with Crippen molar-refractivity contribution in [1.29, 1.82) is 5.26 Å². The van der Waals surface area contributed by atoms with Crippen molar-refractivity contribution in [2.75, 3.05) is 5.32 Å². The van der Waals surface area contributed by atoms with Crippen LogP contribution in [0.5, 0.6) is 0 Å². The van der Waals surface area contributed by atoms with Crippen LogP contribution in [0.2, 0.25) is 0 Å². The summed E-state index contributed by atoms with van der Waals surface area (Å²) in [7, 11) is 0. The minimum absolute atomic E-state index is 0.119. The van der Waals surface area contributed by atoms with E-state index in [1.165, 1.54) is 18.5 Å². The molecule has 3 rings (SSSR count). The van der Waals surface area contributed by atoms with Gasteiger partial charge < -0.3 is 9.87 Å². The van der Waals surface area contributed by atoms with Crippen molar-refractivity contribution in [2.24, 2.45) is 0 Å². The first kappa shape index (κ1) is 15.3. The summed E-state index contributed by atoms with van der Waals surface area (Å²) in [5.74, 6) is -0.467. The van der Waals surface area contributed by atoms with Crippen LogP contribution in [0.4, 0.5) is 5.69 Å². The van der Waals surface area contributed by atoms with Crippen molar-refractivity contribution in [2.45, 2.75) is 23.3 Å². The molecule has 0 spiro atoms. The Kier molecular flexibility index (Phi) is 3.90. The maximum absolute atomic E-state index is 12.2. The fourth-order valence-electron chi connectivity index (χ4n) is 2.18. The molecule has 116 valence electrons. The number of anilines is 1. The van der Waals surface area contributed by atoms with Crippen LogP contribution in [0.3, 0.4) is 0 Å². The van der Waals surface area contributed by atoms with Gasteiger partial charge in [0.2, 0.25) is 11.1 Å². The second-order valence-corrected chi connectivity index (χ2v) is 6.07. The van der Waals surface area contributed by atoms with Gasteiger partial charge in [-0.1, -0.05) is 0 Å². The molecule has 2 heterocycles. The highest BCUT2D eigenvalue weighted by Crippen LogP contribution is 2.46. The molecule has 1 aliphatic rings. The van der Waals surface area contributed by atoms with Crippen LogP contribution < -0.4 is 5.32 Å². The molecule has 2 aromatic rings. The molecule has 1 fully saturated rings. The summed E-state index contributed by atoms with van der Waals surface area (Å²) >= 11 is -2.30. The Hall–Kier alpha value is -2.63. The molecule has 0 radical (unpaired) electrons. The van der Waals surface area contributed by atoms with E-state index in [-0.39, 0.29) is 10.7 Å². The molecule has 1 atom stereocenters. The lowest BCUT2D eigenvalue weighted by Crippen LogP contribution is -2.15. The molecule has 0 bridgehead atoms. The number of hydrogen-bond acceptors (Lipinski definition) is 5. The minimum Gasteiger partial charge on any atom is -0.319 e. The largest absolute Gasteiger partial charge is 0.319 e. The fraction of sp³-hybridized carbons (Fsp3) is 0.200. The van der Waals surface area contributed by atoms with Gasteiger partial charge in [0.05, 0.1) is 28.4 Å². The topological polar surface area (TPSA) is 116 Å².